The molecule has 0 atom stereocenters. The van der Waals surface area contributed by atoms with Crippen molar-refractivity contribution in [2.75, 3.05) is 5.48 Å². The van der Waals surface area contributed by atoms with Crippen molar-refractivity contribution in [3.8, 4) is 0 Å². The zero-order valence-electron chi connectivity index (χ0n) is 6.45. The summed E-state index contributed by atoms with van der Waals surface area (Å²) in [5, 5.41) is 10.2. The Morgan fingerprint density at radius 2 is 1.86 bits per heavy atom. The van der Waals surface area contributed by atoms with Gasteiger partial charge in [0.1, 0.15) is 5.82 Å². The third-order valence-corrected chi connectivity index (χ3v) is 2.31. The van der Waals surface area contributed by atoms with Gasteiger partial charge in [-0.1, -0.05) is 0 Å². The van der Waals surface area contributed by atoms with Crippen LogP contribution in [0.5, 0.6) is 0 Å². The molecule has 0 amide bonds. The van der Waals surface area contributed by atoms with Gasteiger partial charge in [0, 0.05) is 5.69 Å². The highest BCUT2D eigenvalue weighted by Gasteiger charge is 2.34. The maximum atomic E-state index is 12.6. The number of hydrogen-bond donors (Lipinski definition) is 1. The summed E-state index contributed by atoms with van der Waals surface area (Å²) in [6, 6.07) is 0.983. The van der Waals surface area contributed by atoms with Crippen LogP contribution in [0.2, 0.25) is 0 Å². The molecule has 1 aromatic rings. The average Bonchev–Trinajstić information content (AvgIpc) is 2.06. The lowest BCUT2D eigenvalue weighted by atomic mass is 10.2. The molecular weight excluding hydrogens is 270 g/mol. The molecule has 14 heavy (non-hydrogen) atoms. The third kappa shape index (κ3) is 2.16. The summed E-state index contributed by atoms with van der Waals surface area (Å²) >= 11 is 2.56. The van der Waals surface area contributed by atoms with Gasteiger partial charge in [-0.2, -0.15) is 13.2 Å². The zero-order chi connectivity index (χ0) is 10.9. The van der Waals surface area contributed by atoms with Gasteiger partial charge in [0.15, 0.2) is 0 Å². The summed E-state index contributed by atoms with van der Waals surface area (Å²) in [6.07, 6.45) is -4.70. The number of alkyl halides is 3. The fourth-order valence-electron chi connectivity index (χ4n) is 0.870. The van der Waals surface area contributed by atoms with E-state index in [1.165, 1.54) is 5.48 Å². The molecule has 1 aromatic carbocycles. The number of nitrogens with one attached hydrogen (secondary N) is 1. The van der Waals surface area contributed by atoms with Crippen molar-refractivity contribution in [1.82, 2.24) is 0 Å². The van der Waals surface area contributed by atoms with Gasteiger partial charge in [-0.15, -0.1) is 0 Å². The highest BCUT2D eigenvalue weighted by Crippen LogP contribution is 2.38. The molecule has 2 nitrogen and oxygen atoms in total. The molecule has 0 spiro atoms. The summed E-state index contributed by atoms with van der Waals surface area (Å²) in [5.41, 5.74) is -0.503. The van der Waals surface area contributed by atoms with E-state index in [9.17, 15) is 22.8 Å². The molecule has 7 heteroatoms. The number of rotatable bonds is 1. The summed E-state index contributed by atoms with van der Waals surface area (Å²) in [7, 11) is 0. The van der Waals surface area contributed by atoms with Crippen molar-refractivity contribution in [2.45, 2.75) is 6.18 Å². The predicted octanol–water partition coefficient (Wildman–Crippen LogP) is 3.52. The van der Waals surface area contributed by atoms with Crippen LogP contribution in [0, 0.1) is 11.0 Å². The summed E-state index contributed by atoms with van der Waals surface area (Å²) in [6.45, 7) is 0. The quantitative estimate of drug-likeness (QED) is 0.627. The van der Waals surface area contributed by atoms with E-state index in [1.807, 2.05) is 0 Å². The Bertz CT molecular complexity index is 352. The molecule has 0 radical (unpaired) electrons. The van der Waals surface area contributed by atoms with Crippen LogP contribution in [0.4, 0.5) is 23.2 Å². The first-order chi connectivity index (χ1) is 6.36. The molecule has 0 fully saturated rings. The van der Waals surface area contributed by atoms with Crippen LogP contribution < -0.4 is 5.48 Å². The largest absolute Gasteiger partial charge is 0.761 e. The first-order valence-corrected chi connectivity index (χ1v) is 4.10. The van der Waals surface area contributed by atoms with Gasteiger partial charge >= 0.3 is 6.18 Å². The molecule has 0 heterocycles. The lowest BCUT2D eigenvalue weighted by molar-refractivity contribution is -0.138. The molecule has 0 aromatic heterocycles. The molecule has 1 rings (SSSR count). The standard InChI is InChI=1S/C7H3BrF4NO/c8-6-4(7(10,11)12)1-3(9)2-5(6)13-14/h1-2,13H/q-1. The molecule has 0 saturated heterocycles. The van der Waals surface area contributed by atoms with Crippen LogP contribution in [0.25, 0.3) is 0 Å². The second-order valence-corrected chi connectivity index (χ2v) is 3.21. The second-order valence-electron chi connectivity index (χ2n) is 2.41. The van der Waals surface area contributed by atoms with Crippen molar-refractivity contribution in [3.63, 3.8) is 0 Å². The van der Waals surface area contributed by atoms with Crippen LogP contribution in [0.3, 0.4) is 0 Å². The van der Waals surface area contributed by atoms with Gasteiger partial charge in [0.05, 0.1) is 10.0 Å². The van der Waals surface area contributed by atoms with Crippen molar-refractivity contribution in [1.29, 1.82) is 0 Å². The molecule has 1 N–H and O–H groups in total. The van der Waals surface area contributed by atoms with Gasteiger partial charge in [-0.05, 0) is 28.1 Å². The smallest absolute Gasteiger partial charge is 0.417 e. The van der Waals surface area contributed by atoms with Gasteiger partial charge in [-0.25, -0.2) is 4.39 Å². The van der Waals surface area contributed by atoms with Crippen LogP contribution >= 0.6 is 15.9 Å². The Hall–Kier alpha value is -0.820. The third-order valence-electron chi connectivity index (χ3n) is 1.45. The first-order valence-electron chi connectivity index (χ1n) is 3.30. The molecule has 0 aliphatic carbocycles. The summed E-state index contributed by atoms with van der Waals surface area (Å²) < 4.78 is 48.8. The van der Waals surface area contributed by atoms with Gasteiger partial charge in [0.25, 0.3) is 0 Å². The fourth-order valence-corrected chi connectivity index (χ4v) is 1.40. The topological polar surface area (TPSA) is 35.1 Å². The Balaban J connectivity index is 3.37. The normalized spacial score (nSPS) is 11.6. The van der Waals surface area contributed by atoms with E-state index >= 15 is 0 Å². The van der Waals surface area contributed by atoms with Gasteiger partial charge in [-0.3, -0.25) is 0 Å². The lowest BCUT2D eigenvalue weighted by Crippen LogP contribution is -2.08. The minimum absolute atomic E-state index is 0.310. The summed E-state index contributed by atoms with van der Waals surface area (Å²) in [5.74, 6) is -1.13. The number of halogens is 5. The van der Waals surface area contributed by atoms with E-state index in [2.05, 4.69) is 15.9 Å². The average molecular weight is 273 g/mol. The molecule has 0 aliphatic rings. The lowest BCUT2D eigenvalue weighted by Gasteiger charge is -2.16. The predicted molar refractivity (Wildman–Crippen MR) is 46.1 cm³/mol. The van der Waals surface area contributed by atoms with Gasteiger partial charge < -0.3 is 10.7 Å². The van der Waals surface area contributed by atoms with Crippen LogP contribution in [0.1, 0.15) is 5.56 Å². The minimum Gasteiger partial charge on any atom is -0.761 e. The Labute approximate surface area is 84.6 Å². The fraction of sp³-hybridized carbons (Fsp3) is 0.143. The SMILES string of the molecule is [O-]Nc1cc(F)cc(C(F)(F)F)c1Br. The maximum Gasteiger partial charge on any atom is 0.417 e. The molecule has 0 bridgehead atoms. The highest BCUT2D eigenvalue weighted by molar-refractivity contribution is 9.10. The Kier molecular flexibility index (Phi) is 3.01. The molecule has 0 unspecified atom stereocenters. The second kappa shape index (κ2) is 3.74. The van der Waals surface area contributed by atoms with E-state index in [-0.39, 0.29) is 0 Å². The van der Waals surface area contributed by atoms with Crippen LogP contribution in [-0.2, 0) is 6.18 Å². The molecule has 0 saturated carbocycles. The van der Waals surface area contributed by atoms with Gasteiger partial charge in [0.2, 0.25) is 0 Å². The zero-order valence-corrected chi connectivity index (χ0v) is 8.04. The van der Waals surface area contributed by atoms with E-state index < -0.39 is 27.7 Å². The van der Waals surface area contributed by atoms with E-state index in [0.717, 1.165) is 0 Å². The molecule has 78 valence electrons. The molecule has 0 aliphatic heterocycles. The monoisotopic (exact) mass is 272 g/mol. The van der Waals surface area contributed by atoms with Crippen molar-refractivity contribution < 1.29 is 17.6 Å². The summed E-state index contributed by atoms with van der Waals surface area (Å²) in [4.78, 5) is 0. The maximum absolute atomic E-state index is 12.6. The highest BCUT2D eigenvalue weighted by atomic mass is 79.9. The van der Waals surface area contributed by atoms with Crippen LogP contribution in [-0.4, -0.2) is 0 Å². The first kappa shape index (κ1) is 11.3. The van der Waals surface area contributed by atoms with E-state index in [1.54, 1.807) is 0 Å². The molecular formula is C7H3BrF4NO-. The van der Waals surface area contributed by atoms with E-state index in [4.69, 9.17) is 0 Å². The number of benzene rings is 1. The van der Waals surface area contributed by atoms with Crippen molar-refractivity contribution >= 4 is 21.6 Å². The minimum atomic E-state index is -4.70. The Morgan fingerprint density at radius 3 is 2.29 bits per heavy atom. The number of anilines is 1. The van der Waals surface area contributed by atoms with Crippen LogP contribution in [0.15, 0.2) is 16.6 Å². The Morgan fingerprint density at radius 1 is 1.29 bits per heavy atom. The van der Waals surface area contributed by atoms with Crippen molar-refractivity contribution in [3.05, 3.63) is 33.2 Å². The number of hydrogen-bond acceptors (Lipinski definition) is 2. The van der Waals surface area contributed by atoms with Crippen molar-refractivity contribution in [2.24, 2.45) is 0 Å². The van der Waals surface area contributed by atoms with E-state index in [0.29, 0.717) is 12.1 Å².